The number of amides is 1. The summed E-state index contributed by atoms with van der Waals surface area (Å²) in [5, 5.41) is 5.62. The Morgan fingerprint density at radius 2 is 1.90 bits per heavy atom. The molecule has 0 aliphatic rings. The zero-order chi connectivity index (χ0) is 13.9. The topological polar surface area (TPSA) is 59.6 Å². The van der Waals surface area contributed by atoms with Gasteiger partial charge in [0.05, 0.1) is 6.54 Å². The van der Waals surface area contributed by atoms with Crippen molar-refractivity contribution in [2.24, 2.45) is 0 Å². The molecule has 0 atom stereocenters. The van der Waals surface area contributed by atoms with E-state index in [1.54, 1.807) is 20.4 Å². The molecule has 0 aliphatic heterocycles. The number of nitrogens with one attached hydrogen (secondary N) is 2. The minimum Gasteiger partial charge on any atom is -0.355 e. The summed E-state index contributed by atoms with van der Waals surface area (Å²) in [6.07, 6.45) is 3.13. The second-order valence-electron chi connectivity index (χ2n) is 3.84. The maximum Gasteiger partial charge on any atom is 0.237 e. The highest BCUT2D eigenvalue weighted by atomic mass is 35.5. The van der Waals surface area contributed by atoms with Gasteiger partial charge in [-0.3, -0.25) is 4.79 Å². The average Bonchev–Trinajstić information content (AvgIpc) is 2.45. The molecule has 0 radical (unpaired) electrons. The van der Waals surface area contributed by atoms with Crippen molar-refractivity contribution in [2.45, 2.75) is 6.29 Å². The van der Waals surface area contributed by atoms with Gasteiger partial charge >= 0.3 is 0 Å². The third-order valence-corrected chi connectivity index (χ3v) is 2.44. The first-order chi connectivity index (χ1) is 9.26. The third kappa shape index (κ3) is 7.91. The van der Waals surface area contributed by atoms with Gasteiger partial charge in [-0.05, 0) is 11.6 Å². The van der Waals surface area contributed by atoms with E-state index in [1.165, 1.54) is 0 Å². The Labute approximate surface area is 125 Å². The summed E-state index contributed by atoms with van der Waals surface area (Å²) in [4.78, 5) is 11.5. The molecule has 0 aliphatic carbocycles. The van der Waals surface area contributed by atoms with Gasteiger partial charge in [0.25, 0.3) is 0 Å². The van der Waals surface area contributed by atoms with Gasteiger partial charge in [0.1, 0.15) is 0 Å². The lowest BCUT2D eigenvalue weighted by atomic mass is 10.2. The van der Waals surface area contributed by atoms with E-state index in [4.69, 9.17) is 9.47 Å². The Kier molecular flexibility index (Phi) is 10.6. The number of hydrogen-bond donors (Lipinski definition) is 2. The maximum atomic E-state index is 11.5. The molecule has 0 saturated heterocycles. The van der Waals surface area contributed by atoms with Crippen molar-refractivity contribution < 1.29 is 14.3 Å². The number of benzene rings is 1. The third-order valence-electron chi connectivity index (χ3n) is 2.44. The molecule has 1 rings (SSSR count). The Morgan fingerprint density at radius 1 is 1.25 bits per heavy atom. The van der Waals surface area contributed by atoms with E-state index in [2.05, 4.69) is 10.6 Å². The molecule has 0 bridgehead atoms. The quantitative estimate of drug-likeness (QED) is 0.713. The molecule has 1 amide bonds. The van der Waals surface area contributed by atoms with Crippen LogP contribution < -0.4 is 10.6 Å². The summed E-state index contributed by atoms with van der Waals surface area (Å²) in [6, 6.07) is 9.75. The second kappa shape index (κ2) is 11.4. The highest BCUT2D eigenvalue weighted by Crippen LogP contribution is 1.99. The molecule has 0 aromatic heterocycles. The van der Waals surface area contributed by atoms with E-state index in [9.17, 15) is 4.79 Å². The van der Waals surface area contributed by atoms with Crippen LogP contribution in [0.3, 0.4) is 0 Å². The number of carbonyl (C=O) groups is 1. The van der Waals surface area contributed by atoms with Crippen molar-refractivity contribution in [3.8, 4) is 0 Å². The van der Waals surface area contributed by atoms with E-state index in [-0.39, 0.29) is 31.1 Å². The zero-order valence-electron chi connectivity index (χ0n) is 11.7. The van der Waals surface area contributed by atoms with Crippen molar-refractivity contribution in [1.29, 1.82) is 0 Å². The molecule has 1 aromatic rings. The van der Waals surface area contributed by atoms with E-state index in [0.29, 0.717) is 6.54 Å². The van der Waals surface area contributed by atoms with E-state index in [0.717, 1.165) is 5.56 Å². The Balaban J connectivity index is 0.00000361. The molecular weight excluding hydrogens is 280 g/mol. The van der Waals surface area contributed by atoms with Crippen molar-refractivity contribution in [2.75, 3.05) is 27.3 Å². The number of ether oxygens (including phenoxy) is 2. The minimum absolute atomic E-state index is 0. The lowest BCUT2D eigenvalue weighted by molar-refractivity contribution is -0.120. The molecule has 2 N–H and O–H groups in total. The molecule has 0 unspecified atom stereocenters. The predicted octanol–water partition coefficient (Wildman–Crippen LogP) is 1.40. The smallest absolute Gasteiger partial charge is 0.237 e. The highest BCUT2D eigenvalue weighted by molar-refractivity contribution is 5.85. The SMILES string of the molecule is COC(CNCC(=O)NC=Cc1ccccc1)OC.Cl. The number of hydrogen-bond acceptors (Lipinski definition) is 4. The van der Waals surface area contributed by atoms with Crippen LogP contribution in [-0.4, -0.2) is 39.5 Å². The highest BCUT2D eigenvalue weighted by Gasteiger charge is 2.05. The molecule has 6 heteroatoms. The summed E-state index contributed by atoms with van der Waals surface area (Å²) in [5.41, 5.74) is 1.04. The van der Waals surface area contributed by atoms with Crippen LogP contribution in [0.2, 0.25) is 0 Å². The van der Waals surface area contributed by atoms with E-state index >= 15 is 0 Å². The van der Waals surface area contributed by atoms with Crippen LogP contribution in [0.15, 0.2) is 36.5 Å². The Bertz CT molecular complexity index is 395. The Morgan fingerprint density at radius 3 is 2.50 bits per heavy atom. The van der Waals surface area contributed by atoms with Crippen LogP contribution in [0, 0.1) is 0 Å². The molecular formula is C14H21ClN2O3. The van der Waals surface area contributed by atoms with Crippen LogP contribution in [-0.2, 0) is 14.3 Å². The fraction of sp³-hybridized carbons (Fsp3) is 0.357. The van der Waals surface area contributed by atoms with E-state index in [1.807, 2.05) is 36.4 Å². The second-order valence-corrected chi connectivity index (χ2v) is 3.84. The van der Waals surface area contributed by atoms with Gasteiger partial charge in [0.15, 0.2) is 6.29 Å². The predicted molar refractivity (Wildman–Crippen MR) is 81.5 cm³/mol. The zero-order valence-corrected chi connectivity index (χ0v) is 12.5. The summed E-state index contributed by atoms with van der Waals surface area (Å²) < 4.78 is 9.98. The van der Waals surface area contributed by atoms with Crippen LogP contribution in [0.4, 0.5) is 0 Å². The molecule has 0 fully saturated rings. The van der Waals surface area contributed by atoms with Crippen molar-refractivity contribution >= 4 is 24.4 Å². The van der Waals surface area contributed by atoms with Gasteiger partial charge in [-0.1, -0.05) is 30.3 Å². The molecule has 20 heavy (non-hydrogen) atoms. The van der Waals surface area contributed by atoms with Crippen molar-refractivity contribution in [3.63, 3.8) is 0 Å². The summed E-state index contributed by atoms with van der Waals surface area (Å²) in [7, 11) is 3.11. The van der Waals surface area contributed by atoms with Crippen LogP contribution in [0.5, 0.6) is 0 Å². The molecule has 0 spiro atoms. The monoisotopic (exact) mass is 300 g/mol. The average molecular weight is 301 g/mol. The molecule has 0 saturated carbocycles. The fourth-order valence-electron chi connectivity index (χ4n) is 1.41. The first kappa shape index (κ1) is 18.6. The van der Waals surface area contributed by atoms with E-state index < -0.39 is 0 Å². The van der Waals surface area contributed by atoms with Crippen LogP contribution >= 0.6 is 12.4 Å². The van der Waals surface area contributed by atoms with Crippen LogP contribution in [0.1, 0.15) is 5.56 Å². The molecule has 112 valence electrons. The summed E-state index contributed by atoms with van der Waals surface area (Å²) >= 11 is 0. The minimum atomic E-state index is -0.340. The van der Waals surface area contributed by atoms with Gasteiger partial charge in [0.2, 0.25) is 5.91 Å². The number of halogens is 1. The van der Waals surface area contributed by atoms with Crippen LogP contribution in [0.25, 0.3) is 6.08 Å². The molecule has 5 nitrogen and oxygen atoms in total. The van der Waals surface area contributed by atoms with Gasteiger partial charge < -0.3 is 20.1 Å². The van der Waals surface area contributed by atoms with Gasteiger partial charge in [0, 0.05) is 27.0 Å². The van der Waals surface area contributed by atoms with Gasteiger partial charge in [-0.25, -0.2) is 0 Å². The van der Waals surface area contributed by atoms with Crippen molar-refractivity contribution in [3.05, 3.63) is 42.1 Å². The fourth-order valence-corrected chi connectivity index (χ4v) is 1.41. The molecule has 0 heterocycles. The number of carbonyl (C=O) groups excluding carboxylic acids is 1. The van der Waals surface area contributed by atoms with Crippen molar-refractivity contribution in [1.82, 2.24) is 10.6 Å². The summed E-state index contributed by atoms with van der Waals surface area (Å²) in [5.74, 6) is -0.113. The number of methoxy groups -OCH3 is 2. The first-order valence-corrected chi connectivity index (χ1v) is 6.03. The van der Waals surface area contributed by atoms with Gasteiger partial charge in [-0.15, -0.1) is 12.4 Å². The molecule has 1 aromatic carbocycles. The van der Waals surface area contributed by atoms with Gasteiger partial charge in [-0.2, -0.15) is 0 Å². The lowest BCUT2D eigenvalue weighted by Crippen LogP contribution is -2.36. The lowest BCUT2D eigenvalue weighted by Gasteiger charge is -2.13. The maximum absolute atomic E-state index is 11.5. The largest absolute Gasteiger partial charge is 0.355 e. The summed E-state index contributed by atoms with van der Waals surface area (Å²) in [6.45, 7) is 0.672. The normalized spacial score (nSPS) is 10.6. The first-order valence-electron chi connectivity index (χ1n) is 6.03. The standard InChI is InChI=1S/C14H20N2O3.ClH/c1-18-14(19-2)11-15-10-13(17)16-9-8-12-6-4-3-5-7-12;/h3-9,14-15H,10-11H2,1-2H3,(H,16,17);1H. The number of rotatable bonds is 8. The Hall–Kier alpha value is -1.40.